The maximum Gasteiger partial charge on any atom is 0.432 e. The highest BCUT2D eigenvalue weighted by molar-refractivity contribution is 6.19. The topological polar surface area (TPSA) is 137 Å². The second kappa shape index (κ2) is 10.3. The van der Waals surface area contributed by atoms with E-state index in [9.17, 15) is 19.2 Å². The van der Waals surface area contributed by atoms with Crippen LogP contribution >= 0.6 is 0 Å². The molecule has 3 atom stereocenters. The predicted octanol–water partition coefficient (Wildman–Crippen LogP) is 4.12. The maximum absolute atomic E-state index is 14.5. The van der Waals surface area contributed by atoms with E-state index >= 15 is 0 Å². The van der Waals surface area contributed by atoms with Gasteiger partial charge in [0.1, 0.15) is 5.75 Å². The number of hydrazine groups is 1. The molecule has 0 N–H and O–H groups in total. The van der Waals surface area contributed by atoms with Crippen LogP contribution in [-0.4, -0.2) is 81.8 Å². The van der Waals surface area contributed by atoms with E-state index < -0.39 is 66.3 Å². The van der Waals surface area contributed by atoms with E-state index in [1.807, 2.05) is 0 Å². The van der Waals surface area contributed by atoms with Gasteiger partial charge in [0.15, 0.2) is 11.9 Å². The van der Waals surface area contributed by atoms with Crippen LogP contribution in [-0.2, 0) is 18.9 Å². The van der Waals surface area contributed by atoms with E-state index in [1.165, 1.54) is 0 Å². The largest absolute Gasteiger partial charge is 0.476 e. The van der Waals surface area contributed by atoms with Gasteiger partial charge in [0.05, 0.1) is 30.0 Å². The molecule has 0 unspecified atom stereocenters. The van der Waals surface area contributed by atoms with Gasteiger partial charge in [0.25, 0.3) is 0 Å². The first-order chi connectivity index (χ1) is 18.3. The monoisotopic (exact) mass is 546 g/mol. The predicted molar refractivity (Wildman–Crippen MR) is 135 cm³/mol. The summed E-state index contributed by atoms with van der Waals surface area (Å²) in [5.74, 6) is -0.610. The molecule has 4 rings (SSSR count). The van der Waals surface area contributed by atoms with Crippen LogP contribution in [0.4, 0.5) is 14.4 Å². The molecule has 212 valence electrons. The van der Waals surface area contributed by atoms with Gasteiger partial charge in [-0.3, -0.25) is 4.79 Å². The quantitative estimate of drug-likeness (QED) is 0.511. The van der Waals surface area contributed by atoms with Gasteiger partial charge in [-0.15, -0.1) is 5.10 Å². The summed E-state index contributed by atoms with van der Waals surface area (Å²) < 4.78 is 28.6. The van der Waals surface area contributed by atoms with Crippen molar-refractivity contribution in [2.24, 2.45) is 10.5 Å². The Balaban J connectivity index is 2.01. The third-order valence-electron chi connectivity index (χ3n) is 5.93. The molecule has 3 heterocycles. The van der Waals surface area contributed by atoms with Crippen LogP contribution in [0, 0.1) is 5.41 Å². The summed E-state index contributed by atoms with van der Waals surface area (Å²) in [6, 6.07) is 6.43. The SMILES string of the molecule is CC(C)OC(=O)N1N=C(OC(C)C)[C@]23C(=O)c4ccccc4O[C@H]2N(C(=O)OC(C)C)N(C(=O)OC(C)C)[C@@H]13. The van der Waals surface area contributed by atoms with Crippen molar-refractivity contribution in [3.8, 4) is 5.75 Å². The highest BCUT2D eigenvalue weighted by atomic mass is 16.6. The number of carbonyl (C=O) groups is 4. The van der Waals surface area contributed by atoms with E-state index in [0.717, 1.165) is 15.0 Å². The van der Waals surface area contributed by atoms with Gasteiger partial charge in [-0.05, 0) is 67.5 Å². The Morgan fingerprint density at radius 1 is 0.821 bits per heavy atom. The number of ether oxygens (including phenoxy) is 5. The van der Waals surface area contributed by atoms with Crippen molar-refractivity contribution in [3.63, 3.8) is 0 Å². The second-order valence-corrected chi connectivity index (χ2v) is 10.4. The molecule has 0 aromatic heterocycles. The molecule has 0 bridgehead atoms. The van der Waals surface area contributed by atoms with Crippen molar-refractivity contribution in [2.45, 2.75) is 92.2 Å². The molecule has 1 saturated heterocycles. The van der Waals surface area contributed by atoms with Crippen molar-refractivity contribution < 1.29 is 42.9 Å². The Morgan fingerprint density at radius 2 is 1.36 bits per heavy atom. The molecule has 0 radical (unpaired) electrons. The minimum atomic E-state index is -1.99. The minimum absolute atomic E-state index is 0.161. The van der Waals surface area contributed by atoms with E-state index in [0.29, 0.717) is 0 Å². The molecule has 1 aromatic carbocycles. The summed E-state index contributed by atoms with van der Waals surface area (Å²) in [5, 5.41) is 6.87. The number of amides is 3. The van der Waals surface area contributed by atoms with Gasteiger partial charge < -0.3 is 23.7 Å². The number of carbonyl (C=O) groups excluding carboxylic acids is 4. The Hall–Kier alpha value is -4.03. The van der Waals surface area contributed by atoms with Gasteiger partial charge in [-0.1, -0.05) is 12.1 Å². The molecule has 1 aromatic rings. The number of rotatable bonds is 4. The van der Waals surface area contributed by atoms with E-state index in [2.05, 4.69) is 5.10 Å². The first-order valence-electron chi connectivity index (χ1n) is 12.9. The molecule has 13 heteroatoms. The van der Waals surface area contributed by atoms with Crippen LogP contribution in [0.25, 0.3) is 0 Å². The number of para-hydroxylation sites is 1. The lowest BCUT2D eigenvalue weighted by molar-refractivity contribution is -0.0884. The molecule has 0 saturated carbocycles. The normalized spacial score (nSPS) is 23.4. The van der Waals surface area contributed by atoms with Gasteiger partial charge in [0.2, 0.25) is 17.5 Å². The van der Waals surface area contributed by atoms with Crippen molar-refractivity contribution in [1.29, 1.82) is 0 Å². The lowest BCUT2D eigenvalue weighted by Gasteiger charge is -2.38. The second-order valence-electron chi connectivity index (χ2n) is 10.4. The fourth-order valence-electron chi connectivity index (χ4n) is 4.68. The summed E-state index contributed by atoms with van der Waals surface area (Å²) in [6.07, 6.45) is -8.37. The Bertz CT molecular complexity index is 1200. The number of benzene rings is 1. The van der Waals surface area contributed by atoms with Crippen molar-refractivity contribution >= 4 is 30.0 Å². The van der Waals surface area contributed by atoms with Gasteiger partial charge in [0, 0.05) is 0 Å². The van der Waals surface area contributed by atoms with Crippen LogP contribution in [0.5, 0.6) is 5.75 Å². The summed E-state index contributed by atoms with van der Waals surface area (Å²) in [7, 11) is 0. The standard InChI is InChI=1S/C26H34N4O9/c1-13(2)35-20-26-19(31)17-11-9-10-12-18(17)39-22(26)30(25(34)38-16(7)8)29(24(33)37-15(5)6)21(26)28(27-20)23(32)36-14(3)4/h9-16,21-22H,1-8H3/t21-,22-,26+/m1/s1. The van der Waals surface area contributed by atoms with Gasteiger partial charge >= 0.3 is 18.3 Å². The zero-order valence-electron chi connectivity index (χ0n) is 23.2. The molecule has 3 aliphatic rings. The summed E-state index contributed by atoms with van der Waals surface area (Å²) in [6.45, 7) is 13.2. The average Bonchev–Trinajstić information content (AvgIpc) is 3.29. The molecule has 13 nitrogen and oxygen atoms in total. The highest BCUT2D eigenvalue weighted by Crippen LogP contribution is 2.55. The Kier molecular flexibility index (Phi) is 7.37. The third kappa shape index (κ3) is 4.59. The first kappa shape index (κ1) is 28.0. The molecule has 1 spiro atoms. The fraction of sp³-hybridized carbons (Fsp3) is 0.577. The zero-order chi connectivity index (χ0) is 28.8. The Labute approximate surface area is 226 Å². The number of hydrogen-bond donors (Lipinski definition) is 0. The van der Waals surface area contributed by atoms with Crippen LogP contribution in [0.2, 0.25) is 0 Å². The number of nitrogens with zero attached hydrogens (tertiary/aromatic N) is 4. The lowest BCUT2D eigenvalue weighted by Crippen LogP contribution is -2.60. The van der Waals surface area contributed by atoms with Crippen LogP contribution < -0.4 is 4.74 Å². The van der Waals surface area contributed by atoms with E-state index in [1.54, 1.807) is 79.7 Å². The first-order valence-corrected chi connectivity index (χ1v) is 12.9. The third-order valence-corrected chi connectivity index (χ3v) is 5.93. The van der Waals surface area contributed by atoms with Gasteiger partial charge in [-0.25, -0.2) is 14.4 Å². The molecule has 0 aliphatic carbocycles. The highest BCUT2D eigenvalue weighted by Gasteiger charge is 2.79. The molecular weight excluding hydrogens is 512 g/mol. The smallest absolute Gasteiger partial charge is 0.432 e. The summed E-state index contributed by atoms with van der Waals surface area (Å²) in [5.41, 5.74) is -1.82. The van der Waals surface area contributed by atoms with Gasteiger partial charge in [-0.2, -0.15) is 15.0 Å². The molecule has 39 heavy (non-hydrogen) atoms. The van der Waals surface area contributed by atoms with Crippen molar-refractivity contribution in [1.82, 2.24) is 15.0 Å². The number of fused-ring (bicyclic) bond motifs is 1. The number of ketones is 1. The van der Waals surface area contributed by atoms with Crippen molar-refractivity contribution in [2.75, 3.05) is 0 Å². The van der Waals surface area contributed by atoms with Crippen molar-refractivity contribution in [3.05, 3.63) is 29.8 Å². The number of Topliss-reactive ketones (excluding diaryl/α,β-unsaturated/α-hetero) is 1. The van der Waals surface area contributed by atoms with Crippen LogP contribution in [0.15, 0.2) is 29.4 Å². The summed E-state index contributed by atoms with van der Waals surface area (Å²) >= 11 is 0. The minimum Gasteiger partial charge on any atom is -0.476 e. The maximum atomic E-state index is 14.5. The lowest BCUT2D eigenvalue weighted by atomic mass is 9.74. The number of hydrogen-bond acceptors (Lipinski definition) is 10. The van der Waals surface area contributed by atoms with E-state index in [4.69, 9.17) is 23.7 Å². The molecular formula is C26H34N4O9. The summed E-state index contributed by atoms with van der Waals surface area (Å²) in [4.78, 5) is 55.1. The molecule has 1 fully saturated rings. The Morgan fingerprint density at radius 3 is 1.92 bits per heavy atom. The molecule has 3 amide bonds. The average molecular weight is 547 g/mol. The van der Waals surface area contributed by atoms with Crippen LogP contribution in [0.3, 0.4) is 0 Å². The zero-order valence-corrected chi connectivity index (χ0v) is 23.2. The number of hydrazone groups is 1. The molecule has 3 aliphatic heterocycles. The fourth-order valence-corrected chi connectivity index (χ4v) is 4.68. The van der Waals surface area contributed by atoms with E-state index in [-0.39, 0.29) is 17.2 Å². The van der Waals surface area contributed by atoms with Crippen LogP contribution in [0.1, 0.15) is 65.7 Å².